The molecule has 0 aromatic rings. The second kappa shape index (κ2) is 17.1. The molecule has 0 saturated heterocycles. The summed E-state index contributed by atoms with van der Waals surface area (Å²) in [5.74, 6) is -10.0. The van der Waals surface area contributed by atoms with Crippen molar-refractivity contribution in [3.63, 3.8) is 0 Å². The van der Waals surface area contributed by atoms with E-state index in [1.165, 1.54) is 21.3 Å². The molecular formula is C23H42F10O6Si2. The van der Waals surface area contributed by atoms with Crippen LogP contribution >= 0.6 is 0 Å². The summed E-state index contributed by atoms with van der Waals surface area (Å²) in [4.78, 5) is 0. The molecule has 0 heterocycles. The Morgan fingerprint density at radius 2 is 1.05 bits per heavy atom. The topological polar surface area (TPSA) is 55.4 Å². The molecule has 41 heavy (non-hydrogen) atoms. The SMILES string of the molecule is CO[Si](CCCC(C)C(CCCOCC(F)(F)C(F)(F)F)O[Si](C)(C)CCCOCC(F)(F)C(F)(F)F)(OC)OC. The van der Waals surface area contributed by atoms with Crippen molar-refractivity contribution in [1.29, 1.82) is 0 Å². The largest absolute Gasteiger partial charge is 0.500 e. The highest BCUT2D eigenvalue weighted by Gasteiger charge is 2.58. The minimum absolute atomic E-state index is 0.114. The molecule has 0 aromatic carbocycles. The first-order chi connectivity index (χ1) is 18.6. The molecule has 0 spiro atoms. The van der Waals surface area contributed by atoms with Crippen LogP contribution in [0.2, 0.25) is 25.2 Å². The Morgan fingerprint density at radius 1 is 0.610 bits per heavy atom. The summed E-state index contributed by atoms with van der Waals surface area (Å²) in [5, 5.41) is 0. The van der Waals surface area contributed by atoms with Gasteiger partial charge in [0, 0.05) is 46.7 Å². The molecule has 18 heteroatoms. The predicted octanol–water partition coefficient (Wildman–Crippen LogP) is 7.47. The third-order valence-electron chi connectivity index (χ3n) is 6.42. The van der Waals surface area contributed by atoms with Gasteiger partial charge in [-0.15, -0.1) is 0 Å². The summed E-state index contributed by atoms with van der Waals surface area (Å²) in [6.45, 7) is 1.21. The second-order valence-electron chi connectivity index (χ2n) is 10.3. The number of halogens is 10. The Morgan fingerprint density at radius 3 is 1.46 bits per heavy atom. The van der Waals surface area contributed by atoms with Crippen LogP contribution in [-0.2, 0) is 27.2 Å². The number of hydrogen-bond donors (Lipinski definition) is 0. The zero-order valence-electron chi connectivity index (χ0n) is 24.2. The quantitative estimate of drug-likeness (QED) is 0.0683. The van der Waals surface area contributed by atoms with Gasteiger partial charge in [-0.1, -0.05) is 6.92 Å². The van der Waals surface area contributed by atoms with E-state index in [1.807, 2.05) is 20.0 Å². The molecule has 0 N–H and O–H groups in total. The molecule has 0 aliphatic heterocycles. The molecular weight excluding hydrogens is 618 g/mol. The van der Waals surface area contributed by atoms with Gasteiger partial charge in [-0.3, -0.25) is 0 Å². The minimum Gasteiger partial charge on any atom is -0.414 e. The number of hydrogen-bond acceptors (Lipinski definition) is 6. The maximum atomic E-state index is 13.1. The number of ether oxygens (including phenoxy) is 2. The Hall–Kier alpha value is -0.506. The van der Waals surface area contributed by atoms with E-state index in [-0.39, 0.29) is 38.4 Å². The molecule has 6 nitrogen and oxygen atoms in total. The van der Waals surface area contributed by atoms with Gasteiger partial charge in [0.15, 0.2) is 8.32 Å². The highest BCUT2D eigenvalue weighted by atomic mass is 28.4. The lowest BCUT2D eigenvalue weighted by atomic mass is 9.96. The number of alkyl halides is 10. The smallest absolute Gasteiger partial charge is 0.414 e. The van der Waals surface area contributed by atoms with Crippen LogP contribution in [0.4, 0.5) is 43.9 Å². The van der Waals surface area contributed by atoms with Crippen LogP contribution in [0, 0.1) is 5.92 Å². The van der Waals surface area contributed by atoms with E-state index in [2.05, 4.69) is 9.47 Å². The molecule has 0 fully saturated rings. The van der Waals surface area contributed by atoms with Crippen LogP contribution in [0.3, 0.4) is 0 Å². The number of rotatable bonds is 22. The van der Waals surface area contributed by atoms with Crippen molar-refractivity contribution in [2.75, 3.05) is 47.8 Å². The van der Waals surface area contributed by atoms with Crippen molar-refractivity contribution in [2.45, 2.75) is 94.5 Å². The van der Waals surface area contributed by atoms with Crippen LogP contribution in [-0.4, -0.2) is 95.2 Å². The molecule has 0 aromatic heterocycles. The van der Waals surface area contributed by atoms with Gasteiger partial charge < -0.3 is 27.2 Å². The molecule has 0 saturated carbocycles. The lowest BCUT2D eigenvalue weighted by Crippen LogP contribution is -2.43. The summed E-state index contributed by atoms with van der Waals surface area (Å²) >= 11 is 0. The highest BCUT2D eigenvalue weighted by molar-refractivity contribution is 6.71. The lowest BCUT2D eigenvalue weighted by Gasteiger charge is -2.34. The predicted molar refractivity (Wildman–Crippen MR) is 135 cm³/mol. The zero-order chi connectivity index (χ0) is 32.2. The molecule has 248 valence electrons. The average Bonchev–Trinajstić information content (AvgIpc) is 2.84. The summed E-state index contributed by atoms with van der Waals surface area (Å²) in [6.07, 6.45) is -10.1. The summed E-state index contributed by atoms with van der Waals surface area (Å²) in [5.41, 5.74) is 0. The van der Waals surface area contributed by atoms with Crippen LogP contribution in [0.25, 0.3) is 0 Å². The van der Waals surface area contributed by atoms with E-state index < -0.39 is 60.6 Å². The monoisotopic (exact) mass is 660 g/mol. The molecule has 2 unspecified atom stereocenters. The van der Waals surface area contributed by atoms with E-state index in [1.54, 1.807) is 0 Å². The van der Waals surface area contributed by atoms with Crippen molar-refractivity contribution >= 4 is 17.1 Å². The molecule has 0 bridgehead atoms. The van der Waals surface area contributed by atoms with Crippen molar-refractivity contribution in [3.05, 3.63) is 0 Å². The molecule has 0 amide bonds. The summed E-state index contributed by atoms with van der Waals surface area (Å²) in [7, 11) is -0.972. The van der Waals surface area contributed by atoms with Crippen LogP contribution < -0.4 is 0 Å². The third-order valence-corrected chi connectivity index (χ3v) is 11.8. The highest BCUT2D eigenvalue weighted by Crippen LogP contribution is 2.36. The molecule has 0 aliphatic carbocycles. The van der Waals surface area contributed by atoms with Crippen molar-refractivity contribution in [1.82, 2.24) is 0 Å². The van der Waals surface area contributed by atoms with Crippen LogP contribution in [0.15, 0.2) is 0 Å². The van der Waals surface area contributed by atoms with E-state index in [4.69, 9.17) is 17.7 Å². The van der Waals surface area contributed by atoms with Gasteiger partial charge in [0.1, 0.15) is 13.2 Å². The first kappa shape index (κ1) is 40.5. The Labute approximate surface area is 236 Å². The summed E-state index contributed by atoms with van der Waals surface area (Å²) < 4.78 is 158. The fraction of sp³-hybridized carbons (Fsp3) is 1.00. The van der Waals surface area contributed by atoms with Gasteiger partial charge in [0.25, 0.3) is 0 Å². The van der Waals surface area contributed by atoms with Crippen molar-refractivity contribution in [3.8, 4) is 0 Å². The maximum absolute atomic E-state index is 13.1. The third kappa shape index (κ3) is 14.7. The molecule has 0 radical (unpaired) electrons. The molecule has 2 atom stereocenters. The Kier molecular flexibility index (Phi) is 16.9. The first-order valence-corrected chi connectivity index (χ1v) is 18.0. The van der Waals surface area contributed by atoms with Crippen molar-refractivity contribution in [2.24, 2.45) is 5.92 Å². The Bertz CT molecular complexity index is 714. The molecule has 0 aliphatic rings. The van der Waals surface area contributed by atoms with E-state index in [0.29, 0.717) is 24.9 Å². The second-order valence-corrected chi connectivity index (χ2v) is 17.7. The maximum Gasteiger partial charge on any atom is 0.500 e. The van der Waals surface area contributed by atoms with Gasteiger partial charge in [0.05, 0.1) is 0 Å². The first-order valence-electron chi connectivity index (χ1n) is 13.0. The van der Waals surface area contributed by atoms with Gasteiger partial charge in [0.2, 0.25) is 0 Å². The van der Waals surface area contributed by atoms with Crippen LogP contribution in [0.1, 0.15) is 39.0 Å². The fourth-order valence-electron chi connectivity index (χ4n) is 3.86. The van der Waals surface area contributed by atoms with Gasteiger partial charge in [-0.2, -0.15) is 43.9 Å². The Balaban J connectivity index is 5.09. The summed E-state index contributed by atoms with van der Waals surface area (Å²) in [6, 6.07) is 0.846. The van der Waals surface area contributed by atoms with E-state index in [0.717, 1.165) is 0 Å². The fourth-order valence-corrected chi connectivity index (χ4v) is 7.89. The van der Waals surface area contributed by atoms with Crippen molar-refractivity contribution < 1.29 is 71.1 Å². The lowest BCUT2D eigenvalue weighted by molar-refractivity contribution is -0.296. The standard InChI is InChI=1S/C23H42F10O6Si2/c1-18(10-8-15-41(34-2,35-3)36-4)19(11-7-12-37-16-20(24,25)22(28,29)30)39-40(5,6)14-9-13-38-17-21(26,27)23(31,32)33/h18-19H,7-17H2,1-6H3. The van der Waals surface area contributed by atoms with Gasteiger partial charge in [-0.25, -0.2) is 0 Å². The minimum atomic E-state index is -5.72. The molecule has 0 rings (SSSR count). The van der Waals surface area contributed by atoms with Crippen LogP contribution in [0.5, 0.6) is 0 Å². The van der Waals surface area contributed by atoms with Gasteiger partial charge >= 0.3 is 33.0 Å². The average molecular weight is 661 g/mol. The normalized spacial score (nSPS) is 15.8. The van der Waals surface area contributed by atoms with Gasteiger partial charge in [-0.05, 0) is 57.2 Å². The van der Waals surface area contributed by atoms with E-state index in [9.17, 15) is 43.9 Å². The van der Waals surface area contributed by atoms with E-state index >= 15 is 0 Å². The zero-order valence-corrected chi connectivity index (χ0v) is 26.2.